The van der Waals surface area contributed by atoms with Gasteiger partial charge < -0.3 is 15.6 Å². The number of carbonyl (C=O) groups is 1. The van der Waals surface area contributed by atoms with E-state index in [9.17, 15) is 9.59 Å². The number of likely N-dealkylation sites (tertiary alicyclic amines) is 1. The Morgan fingerprint density at radius 3 is 2.65 bits per heavy atom. The van der Waals surface area contributed by atoms with E-state index in [1.807, 2.05) is 30.3 Å². The Bertz CT molecular complexity index is 739. The van der Waals surface area contributed by atoms with E-state index in [2.05, 4.69) is 4.98 Å². The van der Waals surface area contributed by atoms with Crippen molar-refractivity contribution in [2.75, 3.05) is 13.1 Å². The van der Waals surface area contributed by atoms with Gasteiger partial charge in [-0.25, -0.2) is 0 Å². The summed E-state index contributed by atoms with van der Waals surface area (Å²) in [7, 11) is 0. The van der Waals surface area contributed by atoms with E-state index in [1.165, 1.54) is 0 Å². The average molecular weight is 311 g/mol. The summed E-state index contributed by atoms with van der Waals surface area (Å²) < 4.78 is 0. The molecule has 1 fully saturated rings. The molecule has 1 unspecified atom stereocenters. The molecule has 0 spiro atoms. The molecule has 1 amide bonds. The molecule has 0 radical (unpaired) electrons. The van der Waals surface area contributed by atoms with Gasteiger partial charge in [0.2, 0.25) is 0 Å². The van der Waals surface area contributed by atoms with E-state index < -0.39 is 0 Å². The van der Waals surface area contributed by atoms with E-state index in [4.69, 9.17) is 5.73 Å². The van der Waals surface area contributed by atoms with Crippen LogP contribution in [0.25, 0.3) is 11.3 Å². The van der Waals surface area contributed by atoms with Gasteiger partial charge >= 0.3 is 0 Å². The first-order valence-electron chi connectivity index (χ1n) is 8.00. The highest BCUT2D eigenvalue weighted by Crippen LogP contribution is 2.19. The van der Waals surface area contributed by atoms with Crippen LogP contribution >= 0.6 is 0 Å². The fourth-order valence-corrected chi connectivity index (χ4v) is 3.10. The number of benzene rings is 1. The van der Waals surface area contributed by atoms with Crippen LogP contribution in [0.2, 0.25) is 0 Å². The van der Waals surface area contributed by atoms with Crippen LogP contribution in [0.4, 0.5) is 0 Å². The third-order valence-corrected chi connectivity index (χ3v) is 4.38. The number of aromatic amines is 1. The number of H-pyrrole nitrogens is 1. The fraction of sp³-hybridized carbons (Fsp3) is 0.333. The van der Waals surface area contributed by atoms with Gasteiger partial charge in [0.25, 0.3) is 11.5 Å². The van der Waals surface area contributed by atoms with Crippen LogP contribution in [0.3, 0.4) is 0 Å². The fourth-order valence-electron chi connectivity index (χ4n) is 3.10. The van der Waals surface area contributed by atoms with E-state index in [1.54, 1.807) is 17.0 Å². The summed E-state index contributed by atoms with van der Waals surface area (Å²) in [5.74, 6) is -0.221. The number of aromatic nitrogens is 1. The van der Waals surface area contributed by atoms with E-state index in [0.29, 0.717) is 18.8 Å². The maximum atomic E-state index is 12.7. The molecule has 120 valence electrons. The van der Waals surface area contributed by atoms with Crippen LogP contribution < -0.4 is 11.3 Å². The van der Waals surface area contributed by atoms with E-state index >= 15 is 0 Å². The molecule has 0 bridgehead atoms. The second-order valence-electron chi connectivity index (χ2n) is 5.86. The number of rotatable bonds is 3. The minimum atomic E-state index is -0.349. The predicted molar refractivity (Wildman–Crippen MR) is 90.2 cm³/mol. The van der Waals surface area contributed by atoms with Gasteiger partial charge in [0.1, 0.15) is 5.56 Å². The monoisotopic (exact) mass is 311 g/mol. The summed E-state index contributed by atoms with van der Waals surface area (Å²) >= 11 is 0. The molecule has 2 heterocycles. The first-order chi connectivity index (χ1) is 11.2. The van der Waals surface area contributed by atoms with Gasteiger partial charge in [-0.2, -0.15) is 0 Å². The van der Waals surface area contributed by atoms with Gasteiger partial charge in [0, 0.05) is 24.8 Å². The number of hydrogen-bond acceptors (Lipinski definition) is 3. The quantitative estimate of drug-likeness (QED) is 0.910. The largest absolute Gasteiger partial charge is 0.334 e. The lowest BCUT2D eigenvalue weighted by atomic mass is 10.0. The lowest BCUT2D eigenvalue weighted by molar-refractivity contribution is 0.0621. The van der Waals surface area contributed by atoms with E-state index in [0.717, 1.165) is 24.8 Å². The van der Waals surface area contributed by atoms with Crippen LogP contribution in [-0.4, -0.2) is 34.9 Å². The lowest BCUT2D eigenvalue weighted by Gasteiger charge is -2.34. The van der Waals surface area contributed by atoms with E-state index in [-0.39, 0.29) is 23.1 Å². The first kappa shape index (κ1) is 15.5. The summed E-state index contributed by atoms with van der Waals surface area (Å²) in [6, 6.07) is 13.0. The molecule has 0 saturated carbocycles. The number of nitrogens with one attached hydrogen (secondary N) is 1. The van der Waals surface area contributed by atoms with Gasteiger partial charge in [-0.3, -0.25) is 9.59 Å². The molecule has 1 aromatic heterocycles. The number of piperidine rings is 1. The molecule has 1 atom stereocenters. The molecule has 1 aromatic carbocycles. The van der Waals surface area contributed by atoms with Crippen LogP contribution in [0, 0.1) is 0 Å². The number of amides is 1. The number of carbonyl (C=O) groups excluding carboxylic acids is 1. The molecule has 23 heavy (non-hydrogen) atoms. The number of pyridine rings is 1. The van der Waals surface area contributed by atoms with Gasteiger partial charge in [0.15, 0.2) is 0 Å². The molecule has 3 N–H and O–H groups in total. The topological polar surface area (TPSA) is 79.2 Å². The number of nitrogens with zero attached hydrogens (tertiary/aromatic N) is 1. The van der Waals surface area contributed by atoms with Crippen molar-refractivity contribution in [3.05, 3.63) is 58.4 Å². The van der Waals surface area contributed by atoms with Crippen LogP contribution in [0.15, 0.2) is 47.3 Å². The van der Waals surface area contributed by atoms with Crippen molar-refractivity contribution in [2.45, 2.75) is 25.3 Å². The lowest BCUT2D eigenvalue weighted by Crippen LogP contribution is -2.48. The molecule has 5 heteroatoms. The van der Waals surface area contributed by atoms with Crippen molar-refractivity contribution in [3.63, 3.8) is 0 Å². The highest BCUT2D eigenvalue weighted by molar-refractivity contribution is 5.94. The number of hydrogen-bond donors (Lipinski definition) is 2. The predicted octanol–water partition coefficient (Wildman–Crippen LogP) is 2.00. The molecular weight excluding hydrogens is 290 g/mol. The molecule has 1 aliphatic heterocycles. The smallest absolute Gasteiger partial charge is 0.261 e. The van der Waals surface area contributed by atoms with Gasteiger partial charge in [-0.15, -0.1) is 0 Å². The zero-order valence-electron chi connectivity index (χ0n) is 13.0. The maximum absolute atomic E-state index is 12.7. The average Bonchev–Trinajstić information content (AvgIpc) is 2.61. The standard InChI is InChI=1S/C18H21N3O2/c19-12-14-8-4-5-11-21(14)18(23)15-9-10-16(20-17(15)22)13-6-2-1-3-7-13/h1-3,6-7,9-10,14H,4-5,8,11-12,19H2,(H,20,22). The molecule has 2 aromatic rings. The Kier molecular flexibility index (Phi) is 4.57. The summed E-state index contributed by atoms with van der Waals surface area (Å²) in [6.07, 6.45) is 2.94. The Labute approximate surface area is 135 Å². The molecule has 1 aliphatic rings. The minimum absolute atomic E-state index is 0.0319. The summed E-state index contributed by atoms with van der Waals surface area (Å²) in [6.45, 7) is 1.10. The molecule has 3 rings (SSSR count). The molecule has 0 aliphatic carbocycles. The van der Waals surface area contributed by atoms with Crippen molar-refractivity contribution < 1.29 is 4.79 Å². The second kappa shape index (κ2) is 6.79. The summed E-state index contributed by atoms with van der Waals surface area (Å²) in [5, 5.41) is 0. The van der Waals surface area contributed by atoms with Crippen LogP contribution in [-0.2, 0) is 0 Å². The zero-order chi connectivity index (χ0) is 16.2. The normalized spacial score (nSPS) is 18.0. The Morgan fingerprint density at radius 2 is 1.96 bits per heavy atom. The van der Waals surface area contributed by atoms with Crippen molar-refractivity contribution in [3.8, 4) is 11.3 Å². The highest BCUT2D eigenvalue weighted by Gasteiger charge is 2.27. The van der Waals surface area contributed by atoms with Crippen LogP contribution in [0.1, 0.15) is 29.6 Å². The van der Waals surface area contributed by atoms with Crippen molar-refractivity contribution in [1.29, 1.82) is 0 Å². The first-order valence-corrected chi connectivity index (χ1v) is 8.00. The van der Waals surface area contributed by atoms with Gasteiger partial charge in [-0.1, -0.05) is 30.3 Å². The van der Waals surface area contributed by atoms with Crippen molar-refractivity contribution >= 4 is 5.91 Å². The highest BCUT2D eigenvalue weighted by atomic mass is 16.2. The molecule has 5 nitrogen and oxygen atoms in total. The Hall–Kier alpha value is -2.40. The SMILES string of the molecule is NCC1CCCCN1C(=O)c1ccc(-c2ccccc2)[nH]c1=O. The molecular formula is C18H21N3O2. The van der Waals surface area contributed by atoms with Crippen LogP contribution in [0.5, 0.6) is 0 Å². The maximum Gasteiger partial charge on any atom is 0.261 e. The zero-order valence-corrected chi connectivity index (χ0v) is 13.0. The summed E-state index contributed by atoms with van der Waals surface area (Å²) in [4.78, 5) is 29.6. The second-order valence-corrected chi connectivity index (χ2v) is 5.86. The van der Waals surface area contributed by atoms with Crippen molar-refractivity contribution in [1.82, 2.24) is 9.88 Å². The minimum Gasteiger partial charge on any atom is -0.334 e. The molecule has 1 saturated heterocycles. The van der Waals surface area contributed by atoms with Gasteiger partial charge in [0.05, 0.1) is 0 Å². The Balaban J connectivity index is 1.89. The Morgan fingerprint density at radius 1 is 1.17 bits per heavy atom. The number of nitrogens with two attached hydrogens (primary N) is 1. The van der Waals surface area contributed by atoms with Crippen molar-refractivity contribution in [2.24, 2.45) is 5.73 Å². The van der Waals surface area contributed by atoms with Gasteiger partial charge in [-0.05, 0) is 37.0 Å². The summed E-state index contributed by atoms with van der Waals surface area (Å²) in [5.41, 5.74) is 7.23. The third-order valence-electron chi connectivity index (χ3n) is 4.38. The third kappa shape index (κ3) is 3.19.